The minimum atomic E-state index is -1.14. The number of carbonyl (C=O) groups excluding carboxylic acids is 1. The van der Waals surface area contributed by atoms with Gasteiger partial charge in [-0.15, -0.1) is 0 Å². The van der Waals surface area contributed by atoms with E-state index in [1.807, 2.05) is 0 Å². The summed E-state index contributed by atoms with van der Waals surface area (Å²) in [5.74, 6) is -1.14. The second kappa shape index (κ2) is 7.07. The minimum Gasteiger partial charge on any atom is -0.480 e. The molecule has 0 aromatic heterocycles. The zero-order chi connectivity index (χ0) is 15.1. The van der Waals surface area contributed by atoms with Gasteiger partial charge < -0.3 is 15.2 Å². The van der Waals surface area contributed by atoms with E-state index < -0.39 is 23.0 Å². The monoisotopic (exact) mass is 282 g/mol. The smallest absolute Gasteiger partial charge is 0.408 e. The molecule has 1 rings (SSSR count). The molecule has 20 heavy (non-hydrogen) atoms. The van der Waals surface area contributed by atoms with Crippen LogP contribution in [0, 0.1) is 10.1 Å². The Kier molecular flexibility index (Phi) is 5.45. The maximum absolute atomic E-state index is 11.4. The fourth-order valence-electron chi connectivity index (χ4n) is 1.39. The normalized spacial score (nSPS) is 11.4. The SMILES string of the molecule is CCC(NC(=O)OCc1ccc([N+](=O)[O-])cc1)C(=O)O. The number of hydrogen-bond donors (Lipinski definition) is 2. The zero-order valence-corrected chi connectivity index (χ0v) is 10.7. The molecule has 0 radical (unpaired) electrons. The standard InChI is InChI=1S/C12H14N2O6/c1-2-10(11(15)16)13-12(17)20-7-8-3-5-9(6-4-8)14(18)19/h3-6,10H,2,7H2,1H3,(H,13,17)(H,15,16). The lowest BCUT2D eigenvalue weighted by Gasteiger charge is -2.12. The van der Waals surface area contributed by atoms with Gasteiger partial charge in [0.2, 0.25) is 0 Å². The van der Waals surface area contributed by atoms with Crippen LogP contribution in [0.5, 0.6) is 0 Å². The lowest BCUT2D eigenvalue weighted by molar-refractivity contribution is -0.384. The van der Waals surface area contributed by atoms with Crippen LogP contribution in [-0.2, 0) is 16.1 Å². The number of amides is 1. The van der Waals surface area contributed by atoms with Gasteiger partial charge in [-0.05, 0) is 24.1 Å². The number of nitro benzene ring substituents is 1. The molecule has 0 heterocycles. The average Bonchev–Trinajstić information content (AvgIpc) is 2.42. The van der Waals surface area contributed by atoms with Crippen molar-refractivity contribution in [2.75, 3.05) is 0 Å². The highest BCUT2D eigenvalue weighted by Crippen LogP contribution is 2.12. The van der Waals surface area contributed by atoms with E-state index in [1.165, 1.54) is 24.3 Å². The van der Waals surface area contributed by atoms with Crippen LogP contribution in [0.2, 0.25) is 0 Å². The molecule has 1 unspecified atom stereocenters. The summed E-state index contributed by atoms with van der Waals surface area (Å²) in [6.07, 6.45) is -0.611. The Balaban J connectivity index is 2.48. The van der Waals surface area contributed by atoms with Crippen LogP contribution < -0.4 is 5.32 Å². The van der Waals surface area contributed by atoms with Gasteiger partial charge in [-0.3, -0.25) is 10.1 Å². The fraction of sp³-hybridized carbons (Fsp3) is 0.333. The molecule has 108 valence electrons. The van der Waals surface area contributed by atoms with Crippen LogP contribution in [0.3, 0.4) is 0 Å². The summed E-state index contributed by atoms with van der Waals surface area (Å²) >= 11 is 0. The van der Waals surface area contributed by atoms with Gasteiger partial charge in [0.15, 0.2) is 0 Å². The fourth-order valence-corrected chi connectivity index (χ4v) is 1.39. The second-order valence-corrected chi connectivity index (χ2v) is 3.94. The van der Waals surface area contributed by atoms with E-state index in [1.54, 1.807) is 6.92 Å². The number of rotatable bonds is 6. The summed E-state index contributed by atoms with van der Waals surface area (Å²) < 4.78 is 4.83. The molecule has 1 aromatic rings. The largest absolute Gasteiger partial charge is 0.480 e. The van der Waals surface area contributed by atoms with Gasteiger partial charge >= 0.3 is 12.1 Å². The van der Waals surface area contributed by atoms with Gasteiger partial charge in [0.05, 0.1) is 4.92 Å². The highest BCUT2D eigenvalue weighted by Gasteiger charge is 2.18. The number of aliphatic carboxylic acids is 1. The molecular weight excluding hydrogens is 268 g/mol. The third kappa shape index (κ3) is 4.56. The summed E-state index contributed by atoms with van der Waals surface area (Å²) in [6.45, 7) is 1.52. The van der Waals surface area contributed by atoms with Crippen molar-refractivity contribution in [2.24, 2.45) is 0 Å². The van der Waals surface area contributed by atoms with Crippen molar-refractivity contribution in [3.63, 3.8) is 0 Å². The molecular formula is C12H14N2O6. The van der Waals surface area contributed by atoms with Crippen molar-refractivity contribution in [3.05, 3.63) is 39.9 Å². The highest BCUT2D eigenvalue weighted by atomic mass is 16.6. The highest BCUT2D eigenvalue weighted by molar-refractivity contribution is 5.79. The number of non-ortho nitro benzene ring substituents is 1. The molecule has 0 aliphatic carbocycles. The predicted octanol–water partition coefficient (Wildman–Crippen LogP) is 1.68. The van der Waals surface area contributed by atoms with Gasteiger partial charge in [0.25, 0.3) is 5.69 Å². The number of benzene rings is 1. The molecule has 0 aliphatic rings. The molecule has 8 nitrogen and oxygen atoms in total. The Bertz CT molecular complexity index is 499. The summed E-state index contributed by atoms with van der Waals surface area (Å²) in [6, 6.07) is 4.50. The average molecular weight is 282 g/mol. The summed E-state index contributed by atoms with van der Waals surface area (Å²) in [7, 11) is 0. The third-order valence-electron chi connectivity index (χ3n) is 2.52. The van der Waals surface area contributed by atoms with Crippen molar-refractivity contribution < 1.29 is 24.4 Å². The number of ether oxygens (including phenoxy) is 1. The Morgan fingerprint density at radius 1 is 1.40 bits per heavy atom. The first kappa shape index (κ1) is 15.4. The van der Waals surface area contributed by atoms with E-state index in [0.29, 0.717) is 5.56 Å². The lowest BCUT2D eigenvalue weighted by Crippen LogP contribution is -2.40. The van der Waals surface area contributed by atoms with Crippen LogP contribution in [0.4, 0.5) is 10.5 Å². The quantitative estimate of drug-likeness (QED) is 0.605. The van der Waals surface area contributed by atoms with Crippen LogP contribution >= 0.6 is 0 Å². The molecule has 1 amide bonds. The Morgan fingerprint density at radius 3 is 2.45 bits per heavy atom. The lowest BCUT2D eigenvalue weighted by atomic mass is 10.2. The van der Waals surface area contributed by atoms with Gasteiger partial charge in [0, 0.05) is 12.1 Å². The third-order valence-corrected chi connectivity index (χ3v) is 2.52. The van der Waals surface area contributed by atoms with Crippen molar-refractivity contribution in [1.82, 2.24) is 5.32 Å². The van der Waals surface area contributed by atoms with Crippen LogP contribution in [0.1, 0.15) is 18.9 Å². The molecule has 2 N–H and O–H groups in total. The Labute approximate surface area is 114 Å². The molecule has 0 aliphatic heterocycles. The van der Waals surface area contributed by atoms with Gasteiger partial charge in [-0.1, -0.05) is 6.92 Å². The van der Waals surface area contributed by atoms with Crippen molar-refractivity contribution in [2.45, 2.75) is 26.0 Å². The Morgan fingerprint density at radius 2 is 2.00 bits per heavy atom. The van der Waals surface area contributed by atoms with E-state index in [0.717, 1.165) is 0 Å². The number of hydrogen-bond acceptors (Lipinski definition) is 5. The summed E-state index contributed by atoms with van der Waals surface area (Å²) in [5.41, 5.74) is 0.504. The summed E-state index contributed by atoms with van der Waals surface area (Å²) in [4.78, 5) is 32.0. The van der Waals surface area contributed by atoms with Crippen molar-refractivity contribution >= 4 is 17.7 Å². The van der Waals surface area contributed by atoms with Crippen LogP contribution in [0.25, 0.3) is 0 Å². The number of carboxylic acids is 1. The van der Waals surface area contributed by atoms with Gasteiger partial charge in [-0.2, -0.15) is 0 Å². The van der Waals surface area contributed by atoms with E-state index in [4.69, 9.17) is 9.84 Å². The second-order valence-electron chi connectivity index (χ2n) is 3.94. The molecule has 1 aromatic carbocycles. The van der Waals surface area contributed by atoms with E-state index in [-0.39, 0.29) is 18.7 Å². The number of alkyl carbamates (subject to hydrolysis) is 1. The van der Waals surface area contributed by atoms with Gasteiger partial charge in [-0.25, -0.2) is 9.59 Å². The van der Waals surface area contributed by atoms with E-state index in [9.17, 15) is 19.7 Å². The minimum absolute atomic E-state index is 0.0601. The number of carbonyl (C=O) groups is 2. The molecule has 0 bridgehead atoms. The number of nitrogens with zero attached hydrogens (tertiary/aromatic N) is 1. The van der Waals surface area contributed by atoms with Crippen LogP contribution in [0.15, 0.2) is 24.3 Å². The maximum Gasteiger partial charge on any atom is 0.408 e. The number of carboxylic acid groups (broad SMARTS) is 1. The van der Waals surface area contributed by atoms with Crippen molar-refractivity contribution in [1.29, 1.82) is 0 Å². The summed E-state index contributed by atoms with van der Waals surface area (Å²) in [5, 5.41) is 21.4. The van der Waals surface area contributed by atoms with E-state index in [2.05, 4.69) is 5.32 Å². The maximum atomic E-state index is 11.4. The predicted molar refractivity (Wildman–Crippen MR) is 68.1 cm³/mol. The number of nitro groups is 1. The first-order chi connectivity index (χ1) is 9.43. The first-order valence-corrected chi connectivity index (χ1v) is 5.83. The molecule has 0 saturated heterocycles. The zero-order valence-electron chi connectivity index (χ0n) is 10.7. The molecule has 1 atom stereocenters. The topological polar surface area (TPSA) is 119 Å². The molecule has 0 fully saturated rings. The van der Waals surface area contributed by atoms with E-state index >= 15 is 0 Å². The molecule has 0 spiro atoms. The number of nitrogens with one attached hydrogen (secondary N) is 1. The molecule has 0 saturated carbocycles. The van der Waals surface area contributed by atoms with Crippen LogP contribution in [-0.4, -0.2) is 28.1 Å². The first-order valence-electron chi connectivity index (χ1n) is 5.83. The van der Waals surface area contributed by atoms with Crippen molar-refractivity contribution in [3.8, 4) is 0 Å². The Hall–Kier alpha value is -2.64. The molecule has 8 heteroatoms. The van der Waals surface area contributed by atoms with Gasteiger partial charge in [0.1, 0.15) is 12.6 Å².